The third kappa shape index (κ3) is 0.923. The van der Waals surface area contributed by atoms with Crippen LogP contribution in [0, 0.1) is 11.1 Å². The van der Waals surface area contributed by atoms with Crippen molar-refractivity contribution in [1.82, 2.24) is 5.32 Å². The average Bonchev–Trinajstić information content (AvgIpc) is 2.21. The lowest BCUT2D eigenvalue weighted by Gasteiger charge is -2.15. The Balaban J connectivity index is 2.06. The fraction of sp³-hybridized carbons (Fsp3) is 0.833. The zero-order valence-corrected chi connectivity index (χ0v) is 6.41. The highest BCUT2D eigenvalue weighted by molar-refractivity contribution is 7.80. The molecule has 2 N–H and O–H groups in total. The third-order valence-corrected chi connectivity index (χ3v) is 2.58. The van der Waals surface area contributed by atoms with Crippen molar-refractivity contribution in [1.29, 1.82) is 0 Å². The molecule has 2 fully saturated rings. The van der Waals surface area contributed by atoms with Crippen molar-refractivity contribution >= 4 is 17.2 Å². The van der Waals surface area contributed by atoms with Gasteiger partial charge in [0, 0.05) is 12.3 Å². The fourth-order valence-electron chi connectivity index (χ4n) is 1.82. The van der Waals surface area contributed by atoms with Gasteiger partial charge in [-0.2, -0.15) is 0 Å². The molecule has 4 heteroatoms. The Morgan fingerprint density at radius 1 is 1.60 bits per heavy atom. The smallest absolute Gasteiger partial charge is 0.0978 e. The second kappa shape index (κ2) is 2.15. The molecule has 3 atom stereocenters. The molecule has 0 aliphatic carbocycles. The van der Waals surface area contributed by atoms with E-state index in [0.717, 1.165) is 18.0 Å². The number of fused-ring (bicyclic) bond motifs is 1. The van der Waals surface area contributed by atoms with Crippen LogP contribution in [0.25, 0.3) is 0 Å². The van der Waals surface area contributed by atoms with Crippen LogP contribution in [0.5, 0.6) is 0 Å². The predicted octanol–water partition coefficient (Wildman–Crippen LogP) is -1.31. The van der Waals surface area contributed by atoms with Gasteiger partial charge in [-0.05, 0) is 0 Å². The Bertz CT molecular complexity index is 157. The van der Waals surface area contributed by atoms with Crippen molar-refractivity contribution in [2.45, 2.75) is 12.5 Å². The molecule has 3 nitrogen and oxygen atoms in total. The summed E-state index contributed by atoms with van der Waals surface area (Å²) in [5.74, 6) is 0.528. The maximum absolute atomic E-state index is 10.9. The molecule has 56 valence electrons. The van der Waals surface area contributed by atoms with Crippen LogP contribution in [-0.4, -0.2) is 24.1 Å². The van der Waals surface area contributed by atoms with E-state index in [4.69, 9.17) is 12.2 Å². The Morgan fingerprint density at radius 3 is 3.10 bits per heavy atom. The van der Waals surface area contributed by atoms with Crippen molar-refractivity contribution < 1.29 is 5.06 Å². The molecule has 0 bridgehead atoms. The molecule has 0 amide bonds. The van der Waals surface area contributed by atoms with Crippen LogP contribution < -0.4 is 10.4 Å². The van der Waals surface area contributed by atoms with Gasteiger partial charge in [0.1, 0.15) is 0 Å². The maximum Gasteiger partial charge on any atom is 0.0978 e. The number of hydrogen-bond donors (Lipinski definition) is 2. The monoisotopic (exact) mass is 158 g/mol. The molecule has 2 saturated heterocycles. The van der Waals surface area contributed by atoms with E-state index in [1.807, 2.05) is 0 Å². The van der Waals surface area contributed by atoms with E-state index in [1.54, 1.807) is 0 Å². The molecule has 0 radical (unpaired) electrons. The Kier molecular flexibility index (Phi) is 1.40. The van der Waals surface area contributed by atoms with Gasteiger partial charge in [0.05, 0.1) is 24.1 Å². The molecule has 2 aliphatic rings. The van der Waals surface area contributed by atoms with E-state index >= 15 is 0 Å². The van der Waals surface area contributed by atoms with E-state index in [-0.39, 0.29) is 0 Å². The van der Waals surface area contributed by atoms with E-state index in [9.17, 15) is 5.21 Å². The first kappa shape index (κ1) is 6.52. The summed E-state index contributed by atoms with van der Waals surface area (Å²) in [6.07, 6.45) is 0.936. The summed E-state index contributed by atoms with van der Waals surface area (Å²) in [5, 5.41) is 14.4. The second-order valence-electron chi connectivity index (χ2n) is 3.09. The van der Waals surface area contributed by atoms with Gasteiger partial charge in [-0.15, -0.1) is 0 Å². The Hall–Kier alpha value is -0.190. The number of thiocarbonyl (C=S) groups is 1. The Morgan fingerprint density at radius 2 is 2.40 bits per heavy atom. The lowest BCUT2D eigenvalue weighted by Crippen LogP contribution is -3.05. The largest absolute Gasteiger partial charge is 0.634 e. The van der Waals surface area contributed by atoms with Gasteiger partial charge in [0.25, 0.3) is 0 Å². The van der Waals surface area contributed by atoms with Gasteiger partial charge in [-0.1, -0.05) is 12.2 Å². The van der Waals surface area contributed by atoms with E-state index < -0.39 is 0 Å². The van der Waals surface area contributed by atoms with Crippen molar-refractivity contribution in [3.8, 4) is 0 Å². The predicted molar refractivity (Wildman–Crippen MR) is 41.7 cm³/mol. The van der Waals surface area contributed by atoms with Gasteiger partial charge in [0.15, 0.2) is 0 Å². The molecule has 10 heavy (non-hydrogen) atoms. The van der Waals surface area contributed by atoms with Gasteiger partial charge >= 0.3 is 0 Å². The molecule has 2 rings (SSSR count). The summed E-state index contributed by atoms with van der Waals surface area (Å²) in [6, 6.07) is 0.389. The number of hydrogen-bond acceptors (Lipinski definition) is 2. The first-order valence-corrected chi connectivity index (χ1v) is 3.97. The minimum absolute atomic E-state index is 0.389. The van der Waals surface area contributed by atoms with Crippen LogP contribution in [0.2, 0.25) is 0 Å². The first-order chi connectivity index (χ1) is 4.75. The fourth-order valence-corrected chi connectivity index (χ4v) is 2.18. The van der Waals surface area contributed by atoms with Gasteiger partial charge in [0.2, 0.25) is 0 Å². The normalized spacial score (nSPS) is 45.3. The zero-order chi connectivity index (χ0) is 7.14. The molecule has 0 aromatic carbocycles. The molecular weight excluding hydrogens is 148 g/mol. The standard InChI is InChI=1S/C6H10N2OS/c9-8-2-4-1-6(10)7-5(4)3-8/h4-5,8H,1-3H2,(H,7,10). The summed E-state index contributed by atoms with van der Waals surface area (Å²) in [6.45, 7) is 1.45. The number of quaternary nitrogens is 1. The zero-order valence-electron chi connectivity index (χ0n) is 5.59. The highest BCUT2D eigenvalue weighted by Gasteiger charge is 2.38. The van der Waals surface area contributed by atoms with Crippen molar-refractivity contribution in [2.24, 2.45) is 5.92 Å². The molecule has 2 aliphatic heterocycles. The lowest BCUT2D eigenvalue weighted by molar-refractivity contribution is -0.836. The van der Waals surface area contributed by atoms with Crippen molar-refractivity contribution in [3.05, 3.63) is 5.21 Å². The van der Waals surface area contributed by atoms with E-state index in [2.05, 4.69) is 5.32 Å². The van der Waals surface area contributed by atoms with Crippen LogP contribution >= 0.6 is 12.2 Å². The topological polar surface area (TPSA) is 39.5 Å². The van der Waals surface area contributed by atoms with Crippen LogP contribution in [0.4, 0.5) is 0 Å². The molecule has 3 unspecified atom stereocenters. The van der Waals surface area contributed by atoms with Crippen molar-refractivity contribution in [3.63, 3.8) is 0 Å². The summed E-state index contributed by atoms with van der Waals surface area (Å²) in [5.41, 5.74) is 0. The minimum Gasteiger partial charge on any atom is -0.634 e. The maximum atomic E-state index is 10.9. The molecule has 0 spiro atoms. The summed E-state index contributed by atoms with van der Waals surface area (Å²) < 4.78 is 0. The summed E-state index contributed by atoms with van der Waals surface area (Å²) >= 11 is 4.99. The van der Waals surface area contributed by atoms with E-state index in [1.165, 1.54) is 0 Å². The molecule has 0 saturated carbocycles. The highest BCUT2D eigenvalue weighted by Crippen LogP contribution is 2.17. The molecular formula is C6H10N2OS. The second-order valence-corrected chi connectivity index (χ2v) is 3.58. The van der Waals surface area contributed by atoms with Gasteiger partial charge < -0.3 is 15.6 Å². The number of nitrogens with one attached hydrogen (secondary N) is 2. The number of rotatable bonds is 0. The molecule has 2 heterocycles. The van der Waals surface area contributed by atoms with Gasteiger partial charge in [-0.25, -0.2) is 0 Å². The molecule has 0 aromatic rings. The van der Waals surface area contributed by atoms with Crippen LogP contribution in [0.15, 0.2) is 0 Å². The van der Waals surface area contributed by atoms with Crippen LogP contribution in [0.1, 0.15) is 6.42 Å². The minimum atomic E-state index is 0.389. The SMILES string of the molecule is [O-][NH+]1CC2CC(=S)NC2C1. The van der Waals surface area contributed by atoms with Gasteiger partial charge in [-0.3, -0.25) is 0 Å². The van der Waals surface area contributed by atoms with Crippen molar-refractivity contribution in [2.75, 3.05) is 13.1 Å². The lowest BCUT2D eigenvalue weighted by atomic mass is 10.1. The average molecular weight is 158 g/mol. The quantitative estimate of drug-likeness (QED) is 0.339. The van der Waals surface area contributed by atoms with Crippen LogP contribution in [0.3, 0.4) is 0 Å². The summed E-state index contributed by atoms with van der Waals surface area (Å²) in [7, 11) is 0. The number of hydroxylamine groups is 2. The molecule has 0 aromatic heterocycles. The van der Waals surface area contributed by atoms with E-state index in [0.29, 0.717) is 23.6 Å². The summed E-state index contributed by atoms with van der Waals surface area (Å²) in [4.78, 5) is 0.947. The third-order valence-electron chi connectivity index (χ3n) is 2.30. The Labute approximate surface area is 65.0 Å². The highest BCUT2D eigenvalue weighted by atomic mass is 32.1. The first-order valence-electron chi connectivity index (χ1n) is 3.57. The van der Waals surface area contributed by atoms with Crippen LogP contribution in [-0.2, 0) is 0 Å².